The fraction of sp³-hybridized carbons (Fsp3) is 0.257. The van der Waals surface area contributed by atoms with Crippen molar-refractivity contribution in [3.63, 3.8) is 0 Å². The summed E-state index contributed by atoms with van der Waals surface area (Å²) in [7, 11) is 0. The molecule has 5 rings (SSSR count). The zero-order valence-electron chi connectivity index (χ0n) is 25.3. The number of hydrogen-bond acceptors (Lipinski definition) is 7. The van der Waals surface area contributed by atoms with E-state index in [0.29, 0.717) is 51.1 Å². The van der Waals surface area contributed by atoms with Crippen molar-refractivity contribution in [3.05, 3.63) is 132 Å². The highest BCUT2D eigenvalue weighted by atomic mass is 16.4. The van der Waals surface area contributed by atoms with E-state index in [1.165, 1.54) is 16.5 Å². The molecular weight excluding hydrogens is 566 g/mol. The van der Waals surface area contributed by atoms with Crippen LogP contribution in [0.5, 0.6) is 0 Å². The molecule has 0 radical (unpaired) electrons. The van der Waals surface area contributed by atoms with Crippen LogP contribution >= 0.6 is 0 Å². The number of aromatic amines is 1. The number of pyridine rings is 2. The minimum atomic E-state index is -1.04. The lowest BCUT2D eigenvalue weighted by atomic mass is 10.1. The summed E-state index contributed by atoms with van der Waals surface area (Å²) in [5.41, 5.74) is 11.3. The molecule has 0 saturated heterocycles. The molecule has 1 atom stereocenters. The molecule has 0 aliphatic heterocycles. The van der Waals surface area contributed by atoms with Crippen LogP contribution in [0.2, 0.25) is 0 Å². The molecule has 0 saturated carbocycles. The number of para-hydroxylation sites is 1. The number of carbonyl (C=O) groups excluding carboxylic acids is 1. The van der Waals surface area contributed by atoms with E-state index >= 15 is 0 Å². The second-order valence-electron chi connectivity index (χ2n) is 10.5. The monoisotopic (exact) mass is 607 g/mol. The number of amides is 1. The number of benzene rings is 2. The molecule has 234 valence electrons. The molecule has 3 heterocycles. The normalized spacial score (nSPS) is 11.4. The molecule has 10 heteroatoms. The fourth-order valence-electron chi connectivity index (χ4n) is 4.75. The number of nitrogens with zero attached hydrogens (tertiary/aromatic N) is 2. The van der Waals surface area contributed by atoms with Gasteiger partial charge >= 0.3 is 5.97 Å². The Morgan fingerprint density at radius 1 is 0.822 bits per heavy atom. The maximum atomic E-state index is 12.5. The third-order valence-electron chi connectivity index (χ3n) is 7.15. The first-order chi connectivity index (χ1) is 22.0. The van der Waals surface area contributed by atoms with Crippen molar-refractivity contribution in [1.82, 2.24) is 30.9 Å². The maximum absolute atomic E-state index is 12.5. The number of aliphatic carboxylic acids is 1. The van der Waals surface area contributed by atoms with Crippen molar-refractivity contribution in [2.24, 2.45) is 5.73 Å². The molecular formula is C35H41N7O3. The van der Waals surface area contributed by atoms with E-state index in [1.54, 1.807) is 24.5 Å². The number of carboxylic acids is 1. The summed E-state index contributed by atoms with van der Waals surface area (Å²) in [6.45, 7) is 3.26. The Balaban J connectivity index is 0.000000318. The summed E-state index contributed by atoms with van der Waals surface area (Å²) in [6.07, 6.45) is 7.43. The number of H-pyrrole nitrogens is 1. The lowest BCUT2D eigenvalue weighted by Gasteiger charge is -2.15. The molecule has 0 bridgehead atoms. The van der Waals surface area contributed by atoms with Crippen molar-refractivity contribution in [1.29, 1.82) is 0 Å². The number of hydrogen-bond donors (Lipinski definition) is 6. The molecule has 10 nitrogen and oxygen atoms in total. The second-order valence-corrected chi connectivity index (χ2v) is 10.5. The van der Waals surface area contributed by atoms with Gasteiger partial charge in [0.05, 0.1) is 11.4 Å². The van der Waals surface area contributed by atoms with Gasteiger partial charge in [-0.15, -0.1) is 0 Å². The zero-order valence-corrected chi connectivity index (χ0v) is 25.3. The van der Waals surface area contributed by atoms with Crippen LogP contribution in [0.1, 0.15) is 45.7 Å². The van der Waals surface area contributed by atoms with Crippen LogP contribution in [0.25, 0.3) is 10.9 Å². The van der Waals surface area contributed by atoms with Crippen molar-refractivity contribution < 1.29 is 14.7 Å². The minimum absolute atomic E-state index is 0.339. The van der Waals surface area contributed by atoms with Crippen LogP contribution in [0.15, 0.2) is 104 Å². The topological polar surface area (TPSA) is 158 Å². The summed E-state index contributed by atoms with van der Waals surface area (Å²) in [5, 5.41) is 19.9. The smallest absolute Gasteiger partial charge is 0.326 e. The minimum Gasteiger partial charge on any atom is -0.480 e. The highest BCUT2D eigenvalue weighted by Crippen LogP contribution is 2.17. The standard InChI is InChI=1S/C25H29N5O3.C10H12N2/c31-24(20-11-9-19(10-12-20)16-27-18-22-7-2-4-15-29-22)30-23(25(32)33)8-5-13-26-17-21-6-1-3-14-28-21;11-6-5-8-7-12-10-4-2-1-3-9(8)10/h1-4,6-7,9-12,14-15,23,26-27H,5,8,13,16-18H2,(H,30,31)(H,32,33);1-4,7,12H,5-6,11H2/t23-;/m0./s1. The summed E-state index contributed by atoms with van der Waals surface area (Å²) in [5.74, 6) is -1.43. The number of rotatable bonds is 15. The average Bonchev–Trinajstić information content (AvgIpc) is 3.48. The van der Waals surface area contributed by atoms with E-state index in [2.05, 4.69) is 49.1 Å². The molecule has 0 aliphatic rings. The number of fused-ring (bicyclic) bond motifs is 1. The van der Waals surface area contributed by atoms with Crippen LogP contribution in [0.4, 0.5) is 0 Å². The molecule has 2 aromatic carbocycles. The van der Waals surface area contributed by atoms with Gasteiger partial charge in [0.15, 0.2) is 0 Å². The molecule has 0 spiro atoms. The highest BCUT2D eigenvalue weighted by molar-refractivity contribution is 5.96. The molecule has 0 aliphatic carbocycles. The Morgan fingerprint density at radius 2 is 1.49 bits per heavy atom. The molecule has 45 heavy (non-hydrogen) atoms. The SMILES string of the molecule is NCCc1c[nH]c2ccccc12.O=C(N[C@@H](CCCNCc1ccccn1)C(=O)O)c1ccc(CNCc2ccccn2)cc1. The van der Waals surface area contributed by atoms with Crippen molar-refractivity contribution in [2.75, 3.05) is 13.1 Å². The highest BCUT2D eigenvalue weighted by Gasteiger charge is 2.20. The Morgan fingerprint density at radius 3 is 2.13 bits per heavy atom. The van der Waals surface area contributed by atoms with Gasteiger partial charge in [0.25, 0.3) is 5.91 Å². The predicted molar refractivity (Wildman–Crippen MR) is 176 cm³/mol. The average molecular weight is 608 g/mol. The van der Waals surface area contributed by atoms with Crippen LogP contribution in [-0.4, -0.2) is 51.1 Å². The summed E-state index contributed by atoms with van der Waals surface area (Å²) in [4.78, 5) is 35.8. The molecule has 5 aromatic rings. The Labute approximate surface area is 263 Å². The molecule has 0 fully saturated rings. The fourth-order valence-corrected chi connectivity index (χ4v) is 4.75. The van der Waals surface area contributed by atoms with Gasteiger partial charge < -0.3 is 31.8 Å². The second kappa shape index (κ2) is 18.0. The van der Waals surface area contributed by atoms with E-state index in [4.69, 9.17) is 5.73 Å². The van der Waals surface area contributed by atoms with Gasteiger partial charge in [-0.25, -0.2) is 4.79 Å². The van der Waals surface area contributed by atoms with E-state index in [0.717, 1.165) is 23.4 Å². The summed E-state index contributed by atoms with van der Waals surface area (Å²) >= 11 is 0. The van der Waals surface area contributed by atoms with Gasteiger partial charge in [0.2, 0.25) is 0 Å². The predicted octanol–water partition coefficient (Wildman–Crippen LogP) is 4.19. The number of carbonyl (C=O) groups is 2. The van der Waals surface area contributed by atoms with Crippen LogP contribution in [-0.2, 0) is 30.8 Å². The van der Waals surface area contributed by atoms with E-state index in [-0.39, 0.29) is 0 Å². The van der Waals surface area contributed by atoms with E-state index < -0.39 is 17.9 Å². The summed E-state index contributed by atoms with van der Waals surface area (Å²) < 4.78 is 0. The lowest BCUT2D eigenvalue weighted by molar-refractivity contribution is -0.139. The van der Waals surface area contributed by atoms with Crippen molar-refractivity contribution in [3.8, 4) is 0 Å². The Hall–Kier alpha value is -4.90. The Kier molecular flexibility index (Phi) is 13.2. The van der Waals surface area contributed by atoms with Gasteiger partial charge in [-0.05, 0) is 85.9 Å². The van der Waals surface area contributed by atoms with Crippen LogP contribution < -0.4 is 21.7 Å². The number of nitrogens with two attached hydrogens (primary N) is 1. The first-order valence-corrected chi connectivity index (χ1v) is 15.1. The maximum Gasteiger partial charge on any atom is 0.326 e. The van der Waals surface area contributed by atoms with Crippen molar-refractivity contribution >= 4 is 22.8 Å². The molecule has 0 unspecified atom stereocenters. The van der Waals surface area contributed by atoms with Crippen LogP contribution in [0, 0.1) is 0 Å². The van der Waals surface area contributed by atoms with E-state index in [1.807, 2.05) is 60.8 Å². The summed E-state index contributed by atoms with van der Waals surface area (Å²) in [6, 6.07) is 26.0. The molecule has 1 amide bonds. The van der Waals surface area contributed by atoms with Gasteiger partial charge in [-0.2, -0.15) is 0 Å². The third kappa shape index (κ3) is 11.0. The van der Waals surface area contributed by atoms with Gasteiger partial charge in [-0.1, -0.05) is 42.5 Å². The first kappa shape index (κ1) is 33.0. The molecule has 3 aromatic heterocycles. The van der Waals surface area contributed by atoms with E-state index in [9.17, 15) is 14.7 Å². The number of carboxylic acid groups (broad SMARTS) is 1. The zero-order chi connectivity index (χ0) is 31.7. The van der Waals surface area contributed by atoms with Crippen molar-refractivity contribution in [2.45, 2.75) is 44.9 Å². The number of nitrogens with one attached hydrogen (secondary N) is 4. The van der Waals surface area contributed by atoms with Crippen LogP contribution in [0.3, 0.4) is 0 Å². The van der Waals surface area contributed by atoms with Gasteiger partial charge in [0.1, 0.15) is 6.04 Å². The number of aromatic nitrogens is 3. The quantitative estimate of drug-likeness (QED) is 0.0967. The van der Waals surface area contributed by atoms with Gasteiger partial charge in [0, 0.05) is 54.7 Å². The lowest BCUT2D eigenvalue weighted by Crippen LogP contribution is -2.41. The van der Waals surface area contributed by atoms with Gasteiger partial charge in [-0.3, -0.25) is 14.8 Å². The first-order valence-electron chi connectivity index (χ1n) is 15.1. The Bertz CT molecular complexity index is 1590. The third-order valence-corrected chi connectivity index (χ3v) is 7.15. The molecule has 7 N–H and O–H groups in total. The largest absolute Gasteiger partial charge is 0.480 e.